The van der Waals surface area contributed by atoms with Crippen molar-refractivity contribution >= 4 is 5.91 Å². The number of carbonyl (C=O) groups is 1. The minimum absolute atomic E-state index is 0.0854. The van der Waals surface area contributed by atoms with E-state index in [4.69, 9.17) is 9.47 Å². The SMILES string of the molecule is COc1ccc(-n2c(-c3ccccc3)cc(C(=O)NCCN(C)C)c2C)c(OC)c1. The van der Waals surface area contributed by atoms with E-state index in [1.54, 1.807) is 14.2 Å². The number of nitrogens with one attached hydrogen (secondary N) is 1. The highest BCUT2D eigenvalue weighted by molar-refractivity contribution is 5.97. The molecule has 0 aliphatic carbocycles. The van der Waals surface area contributed by atoms with E-state index >= 15 is 0 Å². The third-order valence-corrected chi connectivity index (χ3v) is 5.03. The second-order valence-corrected chi connectivity index (χ2v) is 7.33. The van der Waals surface area contributed by atoms with Gasteiger partial charge in [-0.3, -0.25) is 4.79 Å². The van der Waals surface area contributed by atoms with Gasteiger partial charge in [0.1, 0.15) is 11.5 Å². The van der Waals surface area contributed by atoms with Crippen molar-refractivity contribution in [2.45, 2.75) is 6.92 Å². The number of hydrogen-bond donors (Lipinski definition) is 1. The molecule has 0 unspecified atom stereocenters. The fourth-order valence-electron chi connectivity index (χ4n) is 3.43. The first-order chi connectivity index (χ1) is 14.5. The van der Waals surface area contributed by atoms with Crippen LogP contribution in [-0.4, -0.2) is 56.8 Å². The van der Waals surface area contributed by atoms with E-state index in [0.29, 0.717) is 23.6 Å². The highest BCUT2D eigenvalue weighted by Crippen LogP contribution is 2.35. The molecule has 0 saturated carbocycles. The molecule has 0 atom stereocenters. The van der Waals surface area contributed by atoms with Crippen molar-refractivity contribution in [3.63, 3.8) is 0 Å². The first kappa shape index (κ1) is 21.5. The number of nitrogens with zero attached hydrogens (tertiary/aromatic N) is 2. The molecule has 0 aliphatic rings. The number of hydrogen-bond acceptors (Lipinski definition) is 4. The number of likely N-dealkylation sites (N-methyl/N-ethyl adjacent to an activating group) is 1. The van der Waals surface area contributed by atoms with Crippen molar-refractivity contribution in [2.24, 2.45) is 0 Å². The zero-order valence-corrected chi connectivity index (χ0v) is 18.2. The zero-order valence-electron chi connectivity index (χ0n) is 18.2. The summed E-state index contributed by atoms with van der Waals surface area (Å²) in [7, 11) is 7.23. The van der Waals surface area contributed by atoms with Crippen molar-refractivity contribution in [2.75, 3.05) is 41.4 Å². The molecular weight excluding hydrogens is 378 g/mol. The maximum Gasteiger partial charge on any atom is 0.253 e. The van der Waals surface area contributed by atoms with Crippen LogP contribution in [0, 0.1) is 6.92 Å². The Balaban J connectivity index is 2.12. The van der Waals surface area contributed by atoms with E-state index < -0.39 is 0 Å². The summed E-state index contributed by atoms with van der Waals surface area (Å²) in [5, 5.41) is 3.02. The van der Waals surface area contributed by atoms with Crippen molar-refractivity contribution in [3.05, 3.63) is 65.9 Å². The molecule has 0 radical (unpaired) electrons. The lowest BCUT2D eigenvalue weighted by molar-refractivity contribution is 0.0950. The third-order valence-electron chi connectivity index (χ3n) is 5.03. The molecule has 6 heteroatoms. The minimum atomic E-state index is -0.0854. The van der Waals surface area contributed by atoms with Crippen LogP contribution in [0.1, 0.15) is 16.1 Å². The van der Waals surface area contributed by atoms with Crippen LogP contribution in [0.4, 0.5) is 0 Å². The van der Waals surface area contributed by atoms with Crippen LogP contribution >= 0.6 is 0 Å². The second-order valence-electron chi connectivity index (χ2n) is 7.33. The number of ether oxygens (including phenoxy) is 2. The predicted octanol–water partition coefficient (Wildman–Crippen LogP) is 3.76. The molecule has 3 aromatic rings. The lowest BCUT2D eigenvalue weighted by Gasteiger charge is -2.17. The molecule has 6 nitrogen and oxygen atoms in total. The summed E-state index contributed by atoms with van der Waals surface area (Å²) in [5.74, 6) is 1.30. The molecule has 0 fully saturated rings. The largest absolute Gasteiger partial charge is 0.497 e. The molecule has 0 saturated heterocycles. The van der Waals surface area contributed by atoms with E-state index in [0.717, 1.165) is 29.2 Å². The third kappa shape index (κ3) is 4.49. The second kappa shape index (κ2) is 9.50. The van der Waals surface area contributed by atoms with E-state index in [-0.39, 0.29) is 5.91 Å². The van der Waals surface area contributed by atoms with Gasteiger partial charge in [-0.1, -0.05) is 30.3 Å². The smallest absolute Gasteiger partial charge is 0.253 e. The summed E-state index contributed by atoms with van der Waals surface area (Å²) in [4.78, 5) is 15.0. The first-order valence-electron chi connectivity index (χ1n) is 9.89. The van der Waals surface area contributed by atoms with Crippen molar-refractivity contribution in [1.29, 1.82) is 0 Å². The lowest BCUT2D eigenvalue weighted by Crippen LogP contribution is -2.31. The number of aromatic nitrogens is 1. The van der Waals surface area contributed by atoms with E-state index in [9.17, 15) is 4.79 Å². The van der Waals surface area contributed by atoms with Crippen LogP contribution in [0.2, 0.25) is 0 Å². The molecule has 1 amide bonds. The topological polar surface area (TPSA) is 55.7 Å². The summed E-state index contributed by atoms with van der Waals surface area (Å²) in [6.45, 7) is 3.32. The van der Waals surface area contributed by atoms with Gasteiger partial charge in [0.25, 0.3) is 5.91 Å². The number of carbonyl (C=O) groups excluding carboxylic acids is 1. The Morgan fingerprint density at radius 3 is 2.40 bits per heavy atom. The summed E-state index contributed by atoms with van der Waals surface area (Å²) >= 11 is 0. The molecule has 0 bridgehead atoms. The molecule has 1 N–H and O–H groups in total. The quantitative estimate of drug-likeness (QED) is 0.618. The van der Waals surface area contributed by atoms with Gasteiger partial charge in [-0.25, -0.2) is 0 Å². The van der Waals surface area contributed by atoms with Gasteiger partial charge in [0, 0.05) is 24.8 Å². The zero-order chi connectivity index (χ0) is 21.7. The molecule has 0 spiro atoms. The molecular formula is C24H29N3O3. The van der Waals surface area contributed by atoms with Crippen LogP contribution in [-0.2, 0) is 0 Å². The summed E-state index contributed by atoms with van der Waals surface area (Å²) < 4.78 is 13.0. The van der Waals surface area contributed by atoms with Crippen molar-refractivity contribution in [3.8, 4) is 28.4 Å². The normalized spacial score (nSPS) is 10.9. The maximum atomic E-state index is 12.9. The average Bonchev–Trinajstić information content (AvgIpc) is 3.10. The van der Waals surface area contributed by atoms with Crippen LogP contribution in [0.3, 0.4) is 0 Å². The average molecular weight is 408 g/mol. The Bertz CT molecular complexity index is 1010. The van der Waals surface area contributed by atoms with E-state index in [1.165, 1.54) is 0 Å². The summed E-state index contributed by atoms with van der Waals surface area (Å²) in [6, 6.07) is 17.7. The monoisotopic (exact) mass is 407 g/mol. The standard InChI is InChI=1S/C24H29N3O3/c1-17-20(24(28)25-13-14-26(2)3)16-22(18-9-7-6-8-10-18)27(17)21-12-11-19(29-4)15-23(21)30-5/h6-12,15-16H,13-14H2,1-5H3,(H,25,28). The Morgan fingerprint density at radius 1 is 1.03 bits per heavy atom. The van der Waals surface area contributed by atoms with Gasteiger partial charge in [-0.2, -0.15) is 0 Å². The Morgan fingerprint density at radius 2 is 1.77 bits per heavy atom. The lowest BCUT2D eigenvalue weighted by atomic mass is 10.1. The fraction of sp³-hybridized carbons (Fsp3) is 0.292. The first-order valence-corrected chi connectivity index (χ1v) is 9.89. The van der Waals surface area contributed by atoms with E-state index in [1.807, 2.05) is 80.5 Å². The van der Waals surface area contributed by atoms with E-state index in [2.05, 4.69) is 9.88 Å². The van der Waals surface area contributed by atoms with Gasteiger partial charge in [-0.15, -0.1) is 0 Å². The van der Waals surface area contributed by atoms with Gasteiger partial charge < -0.3 is 24.3 Å². The van der Waals surface area contributed by atoms with Gasteiger partial charge in [0.05, 0.1) is 31.2 Å². The van der Waals surface area contributed by atoms with Crippen LogP contribution in [0.25, 0.3) is 16.9 Å². The maximum absolute atomic E-state index is 12.9. The van der Waals surface area contributed by atoms with Crippen molar-refractivity contribution in [1.82, 2.24) is 14.8 Å². The van der Waals surface area contributed by atoms with Gasteiger partial charge >= 0.3 is 0 Å². The molecule has 1 aromatic heterocycles. The Hall–Kier alpha value is -3.25. The minimum Gasteiger partial charge on any atom is -0.497 e. The van der Waals surface area contributed by atoms with Crippen LogP contribution in [0.15, 0.2) is 54.6 Å². The molecule has 158 valence electrons. The molecule has 2 aromatic carbocycles. The summed E-state index contributed by atoms with van der Waals surface area (Å²) in [6.07, 6.45) is 0. The molecule has 1 heterocycles. The van der Waals surface area contributed by atoms with Crippen LogP contribution < -0.4 is 14.8 Å². The number of amides is 1. The number of methoxy groups -OCH3 is 2. The molecule has 3 rings (SSSR count). The number of benzene rings is 2. The molecule has 30 heavy (non-hydrogen) atoms. The highest BCUT2D eigenvalue weighted by atomic mass is 16.5. The molecule has 0 aliphatic heterocycles. The summed E-state index contributed by atoms with van der Waals surface area (Å²) in [5.41, 5.74) is 4.28. The van der Waals surface area contributed by atoms with Crippen LogP contribution in [0.5, 0.6) is 11.5 Å². The Labute approximate surface area is 178 Å². The predicted molar refractivity (Wildman–Crippen MR) is 120 cm³/mol. The van der Waals surface area contributed by atoms with Crippen molar-refractivity contribution < 1.29 is 14.3 Å². The van der Waals surface area contributed by atoms with Gasteiger partial charge in [0.15, 0.2) is 0 Å². The Kier molecular flexibility index (Phi) is 6.79. The highest BCUT2D eigenvalue weighted by Gasteiger charge is 2.21. The van der Waals surface area contributed by atoms with Gasteiger partial charge in [-0.05, 0) is 44.8 Å². The fourth-order valence-corrected chi connectivity index (χ4v) is 3.43. The van der Waals surface area contributed by atoms with Gasteiger partial charge in [0.2, 0.25) is 0 Å². The number of rotatable bonds is 8.